The number of hydrogen-bond donors (Lipinski definition) is 2. The number of amides is 2. The number of aryl methyl sites for hydroxylation is 1. The number of benzene rings is 1. The summed E-state index contributed by atoms with van der Waals surface area (Å²) >= 11 is 1.41. The monoisotopic (exact) mass is 491 g/mol. The fourth-order valence-corrected chi connectivity index (χ4v) is 5.65. The lowest BCUT2D eigenvalue weighted by atomic mass is 9.93. The summed E-state index contributed by atoms with van der Waals surface area (Å²) < 4.78 is 7.46. The summed E-state index contributed by atoms with van der Waals surface area (Å²) in [5, 5.41) is 20.3. The molecule has 1 aromatic carbocycles. The van der Waals surface area contributed by atoms with Crippen LogP contribution in [-0.2, 0) is 35.5 Å². The number of carbonyl (C=O) groups is 2. The van der Waals surface area contributed by atoms with Crippen molar-refractivity contribution >= 4 is 28.3 Å². The minimum absolute atomic E-state index is 0.0728. The summed E-state index contributed by atoms with van der Waals surface area (Å²) in [4.78, 5) is 26.0. The maximum Gasteiger partial charge on any atom is 0.407 e. The van der Waals surface area contributed by atoms with Crippen molar-refractivity contribution in [3.05, 3.63) is 69.9 Å². The smallest absolute Gasteiger partial charge is 0.407 e. The molecule has 2 heterocycles. The first kappa shape index (κ1) is 24.5. The van der Waals surface area contributed by atoms with Crippen LogP contribution in [0.15, 0.2) is 42.6 Å². The fourth-order valence-electron chi connectivity index (χ4n) is 4.37. The van der Waals surface area contributed by atoms with Gasteiger partial charge < -0.3 is 15.4 Å². The molecule has 2 aromatic heterocycles. The predicted octanol–water partition coefficient (Wildman–Crippen LogP) is 4.75. The van der Waals surface area contributed by atoms with E-state index < -0.39 is 6.09 Å². The number of alkyl carbamates (subject to hydrolysis) is 1. The minimum atomic E-state index is -0.470. The number of nitriles is 1. The molecule has 0 saturated carbocycles. The van der Waals surface area contributed by atoms with Crippen LogP contribution in [0.4, 0.5) is 9.80 Å². The molecule has 2 atom stereocenters. The van der Waals surface area contributed by atoms with Gasteiger partial charge in [-0.25, -0.2) is 4.79 Å². The van der Waals surface area contributed by atoms with E-state index in [4.69, 9.17) is 4.74 Å². The molecular formula is C26H29N5O3S. The van der Waals surface area contributed by atoms with Gasteiger partial charge in [-0.1, -0.05) is 37.3 Å². The molecule has 3 aromatic rings. The van der Waals surface area contributed by atoms with Gasteiger partial charge in [0.15, 0.2) is 0 Å². The van der Waals surface area contributed by atoms with E-state index in [1.807, 2.05) is 54.9 Å². The second kappa shape index (κ2) is 11.2. The molecule has 8 nitrogen and oxygen atoms in total. The molecule has 2 N–H and O–H groups in total. The van der Waals surface area contributed by atoms with E-state index >= 15 is 0 Å². The molecular weight excluding hydrogens is 462 g/mol. The number of nitrogens with one attached hydrogen (secondary N) is 2. The summed E-state index contributed by atoms with van der Waals surface area (Å²) in [6.45, 7) is 5.09. The first-order chi connectivity index (χ1) is 17.0. The summed E-state index contributed by atoms with van der Waals surface area (Å²) in [6.07, 6.45) is 3.10. The normalized spacial score (nSPS) is 15.5. The first-order valence-corrected chi connectivity index (χ1v) is 12.6. The average Bonchev–Trinajstić information content (AvgIpc) is 3.46. The van der Waals surface area contributed by atoms with Crippen molar-refractivity contribution in [2.24, 2.45) is 0 Å². The Hall–Kier alpha value is -3.64. The van der Waals surface area contributed by atoms with Crippen molar-refractivity contribution in [3.63, 3.8) is 0 Å². The molecule has 35 heavy (non-hydrogen) atoms. The second-order valence-corrected chi connectivity index (χ2v) is 9.75. The number of ether oxygens (including phenoxy) is 1. The molecule has 1 aliphatic rings. The number of carbonyl (C=O) groups excluding carboxylic acids is 2. The van der Waals surface area contributed by atoms with Crippen LogP contribution in [0.2, 0.25) is 0 Å². The molecule has 2 amide bonds. The Balaban J connectivity index is 1.34. The van der Waals surface area contributed by atoms with E-state index in [9.17, 15) is 14.9 Å². The van der Waals surface area contributed by atoms with Crippen molar-refractivity contribution in [2.75, 3.05) is 5.32 Å². The summed E-state index contributed by atoms with van der Waals surface area (Å²) in [5.74, 6) is -0.0430. The lowest BCUT2D eigenvalue weighted by Gasteiger charge is -2.22. The number of aromatic nitrogens is 2. The van der Waals surface area contributed by atoms with Crippen LogP contribution in [0.1, 0.15) is 59.9 Å². The standard InChI is InChI=1S/C26H29N5O3S/c1-3-31-19(11-12-29-31)16-28-26(33)34-20-9-10-21-22(15-27)25(35-23(21)14-20)30-24(32)13-17(2)18-7-5-4-6-8-18/h4-8,11-12,17,20H,3,9-10,13-14,16H2,1-2H3,(H,28,33)(H,30,32). The van der Waals surface area contributed by atoms with Crippen LogP contribution in [0.25, 0.3) is 0 Å². The number of thiophene rings is 1. The maximum absolute atomic E-state index is 12.7. The molecule has 0 radical (unpaired) electrons. The van der Waals surface area contributed by atoms with Gasteiger partial charge >= 0.3 is 6.09 Å². The van der Waals surface area contributed by atoms with Crippen molar-refractivity contribution in [1.82, 2.24) is 15.1 Å². The van der Waals surface area contributed by atoms with Crippen molar-refractivity contribution in [1.29, 1.82) is 5.26 Å². The van der Waals surface area contributed by atoms with Gasteiger partial charge in [-0.2, -0.15) is 10.4 Å². The predicted molar refractivity (Wildman–Crippen MR) is 134 cm³/mol. The zero-order valence-electron chi connectivity index (χ0n) is 19.9. The fraction of sp³-hybridized carbons (Fsp3) is 0.385. The Morgan fingerprint density at radius 3 is 2.86 bits per heavy atom. The molecule has 1 aliphatic carbocycles. The van der Waals surface area contributed by atoms with Crippen LogP contribution in [-0.4, -0.2) is 27.9 Å². The highest BCUT2D eigenvalue weighted by Gasteiger charge is 2.28. The highest BCUT2D eigenvalue weighted by molar-refractivity contribution is 7.16. The van der Waals surface area contributed by atoms with Crippen LogP contribution < -0.4 is 10.6 Å². The lowest BCUT2D eigenvalue weighted by Crippen LogP contribution is -2.32. The third kappa shape index (κ3) is 5.89. The SMILES string of the molecule is CCn1nccc1CNC(=O)OC1CCc2c(sc(NC(=O)CC(C)c3ccccc3)c2C#N)C1. The molecule has 0 spiro atoms. The van der Waals surface area contributed by atoms with Crippen LogP contribution in [0.5, 0.6) is 0 Å². The van der Waals surface area contributed by atoms with Crippen LogP contribution in [0, 0.1) is 11.3 Å². The van der Waals surface area contributed by atoms with Gasteiger partial charge in [0, 0.05) is 30.5 Å². The van der Waals surface area contributed by atoms with E-state index in [1.165, 1.54) is 11.3 Å². The molecule has 0 fully saturated rings. The number of hydrogen-bond acceptors (Lipinski definition) is 6. The lowest BCUT2D eigenvalue weighted by molar-refractivity contribution is -0.116. The van der Waals surface area contributed by atoms with Gasteiger partial charge in [0.2, 0.25) is 5.91 Å². The number of rotatable bonds is 8. The second-order valence-electron chi connectivity index (χ2n) is 8.65. The van der Waals surface area contributed by atoms with Gasteiger partial charge in [-0.15, -0.1) is 11.3 Å². The minimum Gasteiger partial charge on any atom is -0.446 e. The Morgan fingerprint density at radius 1 is 1.31 bits per heavy atom. The van der Waals surface area contributed by atoms with Crippen molar-refractivity contribution in [3.8, 4) is 6.07 Å². The zero-order chi connectivity index (χ0) is 24.8. The molecule has 4 rings (SSSR count). The number of nitrogens with zero attached hydrogens (tertiary/aromatic N) is 3. The zero-order valence-corrected chi connectivity index (χ0v) is 20.7. The third-order valence-corrected chi connectivity index (χ3v) is 7.41. The van der Waals surface area contributed by atoms with Crippen LogP contribution in [0.3, 0.4) is 0 Å². The van der Waals surface area contributed by atoms with E-state index in [0.29, 0.717) is 42.8 Å². The summed E-state index contributed by atoms with van der Waals surface area (Å²) in [7, 11) is 0. The van der Waals surface area contributed by atoms with Crippen molar-refractivity contribution < 1.29 is 14.3 Å². The maximum atomic E-state index is 12.7. The number of anilines is 1. The highest BCUT2D eigenvalue weighted by Crippen LogP contribution is 2.38. The largest absolute Gasteiger partial charge is 0.446 e. The molecule has 0 aliphatic heterocycles. The molecule has 9 heteroatoms. The topological polar surface area (TPSA) is 109 Å². The van der Waals surface area contributed by atoms with Crippen LogP contribution >= 0.6 is 11.3 Å². The molecule has 0 saturated heterocycles. The summed E-state index contributed by atoms with van der Waals surface area (Å²) in [6, 6.07) is 14.0. The quantitative estimate of drug-likeness (QED) is 0.473. The Labute approximate surface area is 208 Å². The van der Waals surface area contributed by atoms with Gasteiger partial charge in [0.1, 0.15) is 17.2 Å². The van der Waals surface area contributed by atoms with E-state index in [2.05, 4.69) is 21.8 Å². The van der Waals surface area contributed by atoms with Crippen molar-refractivity contribution in [2.45, 2.75) is 64.6 Å². The molecule has 0 bridgehead atoms. The van der Waals surface area contributed by atoms with E-state index in [1.54, 1.807) is 6.20 Å². The van der Waals surface area contributed by atoms with Gasteiger partial charge in [-0.3, -0.25) is 9.48 Å². The Bertz CT molecular complexity index is 1230. The average molecular weight is 492 g/mol. The van der Waals surface area contributed by atoms with Gasteiger partial charge in [0.25, 0.3) is 0 Å². The summed E-state index contributed by atoms with van der Waals surface area (Å²) in [5.41, 5.74) is 3.50. The first-order valence-electron chi connectivity index (χ1n) is 11.8. The van der Waals surface area contributed by atoms with Gasteiger partial charge in [0.05, 0.1) is 17.8 Å². The Kier molecular flexibility index (Phi) is 7.83. The third-order valence-electron chi connectivity index (χ3n) is 6.24. The van der Waals surface area contributed by atoms with E-state index in [0.717, 1.165) is 28.2 Å². The molecule has 2 unspecified atom stereocenters. The highest BCUT2D eigenvalue weighted by atomic mass is 32.1. The van der Waals surface area contributed by atoms with Gasteiger partial charge in [-0.05, 0) is 42.9 Å². The molecule has 182 valence electrons. The van der Waals surface area contributed by atoms with E-state index in [-0.39, 0.29) is 17.9 Å². The Morgan fingerprint density at radius 2 is 2.11 bits per heavy atom. The number of fused-ring (bicyclic) bond motifs is 1.